The number of aliphatic carboxylic acids is 2. The number of piperidine rings is 1. The normalized spacial score (nSPS) is 24.7. The lowest BCUT2D eigenvalue weighted by Gasteiger charge is -2.40. The molecule has 36 heavy (non-hydrogen) atoms. The summed E-state index contributed by atoms with van der Waals surface area (Å²) < 4.78 is 74.5. The van der Waals surface area contributed by atoms with Gasteiger partial charge >= 0.3 is 24.3 Å². The smallest absolute Gasteiger partial charge is 0.475 e. The Balaban J connectivity index is 0.000000271. The summed E-state index contributed by atoms with van der Waals surface area (Å²) in [6.07, 6.45) is -5.75. The molecule has 0 unspecified atom stereocenters. The van der Waals surface area contributed by atoms with Crippen LogP contribution in [0.4, 0.5) is 26.3 Å². The molecule has 3 aliphatic rings. The van der Waals surface area contributed by atoms with Crippen LogP contribution in [0.15, 0.2) is 10.6 Å². The van der Waals surface area contributed by atoms with Gasteiger partial charge in [0.15, 0.2) is 0 Å². The van der Waals surface area contributed by atoms with Crippen molar-refractivity contribution in [1.82, 2.24) is 15.0 Å². The number of hydrogen-bond donors (Lipinski definition) is 2. The van der Waals surface area contributed by atoms with E-state index in [0.717, 1.165) is 36.9 Å². The van der Waals surface area contributed by atoms with E-state index in [0.29, 0.717) is 18.1 Å². The number of likely N-dealkylation sites (tertiary alicyclic amines) is 2. The van der Waals surface area contributed by atoms with Crippen LogP contribution in [0.1, 0.15) is 30.7 Å². The third kappa shape index (κ3) is 9.24. The van der Waals surface area contributed by atoms with Gasteiger partial charge in [-0.2, -0.15) is 26.3 Å². The first-order valence-electron chi connectivity index (χ1n) is 11.1. The second-order valence-electron chi connectivity index (χ2n) is 8.96. The summed E-state index contributed by atoms with van der Waals surface area (Å²) in [6, 6.07) is 2.67. The molecule has 3 heterocycles. The van der Waals surface area contributed by atoms with Crippen LogP contribution in [-0.4, -0.2) is 94.9 Å². The molecule has 0 aromatic carbocycles. The zero-order valence-corrected chi connectivity index (χ0v) is 19.7. The summed E-state index contributed by atoms with van der Waals surface area (Å²) in [6.45, 7) is 7.66. The van der Waals surface area contributed by atoms with Crippen LogP contribution in [0.3, 0.4) is 0 Å². The monoisotopic (exact) mass is 533 g/mol. The van der Waals surface area contributed by atoms with Gasteiger partial charge in [-0.05, 0) is 32.1 Å². The Hall–Kier alpha value is -2.39. The molecule has 0 spiro atoms. The molecule has 3 fully saturated rings. The van der Waals surface area contributed by atoms with E-state index in [1.807, 2.05) is 14.0 Å². The van der Waals surface area contributed by atoms with Crippen LogP contribution >= 0.6 is 0 Å². The van der Waals surface area contributed by atoms with Crippen molar-refractivity contribution < 1.29 is 55.4 Å². The Morgan fingerprint density at radius 2 is 1.64 bits per heavy atom. The first-order valence-corrected chi connectivity index (χ1v) is 11.1. The summed E-state index contributed by atoms with van der Waals surface area (Å²) >= 11 is 0. The minimum atomic E-state index is -5.08. The van der Waals surface area contributed by atoms with Gasteiger partial charge < -0.3 is 24.4 Å². The Kier molecular flexibility index (Phi) is 10.1. The van der Waals surface area contributed by atoms with E-state index < -0.39 is 24.3 Å². The standard InChI is InChI=1S/C17H27N3O2.2C2HF3O2/c1-12-7-14(18-22-12)9-20-6-5-17(21-2)15-10-19(11-16(15)20)8-13-3-4-13;2*3-2(4,5)1(6)7/h7,13,15-17H,3-6,8-11H2,1-2H3;2*(H,6,7)/t15-,16+,17+;;/m0../s1. The van der Waals surface area contributed by atoms with Gasteiger partial charge in [-0.25, -0.2) is 9.59 Å². The van der Waals surface area contributed by atoms with Gasteiger partial charge in [0, 0.05) is 57.9 Å². The maximum Gasteiger partial charge on any atom is 0.490 e. The fourth-order valence-corrected chi connectivity index (χ4v) is 4.32. The highest BCUT2D eigenvalue weighted by molar-refractivity contribution is 5.73. The van der Waals surface area contributed by atoms with Gasteiger partial charge in [0.05, 0.1) is 11.8 Å². The number of aromatic nitrogens is 1. The van der Waals surface area contributed by atoms with Crippen molar-refractivity contribution >= 4 is 11.9 Å². The van der Waals surface area contributed by atoms with Crippen molar-refractivity contribution in [3.8, 4) is 0 Å². The molecule has 1 aliphatic carbocycles. The molecule has 9 nitrogen and oxygen atoms in total. The Bertz CT molecular complexity index is 849. The third-order valence-corrected chi connectivity index (χ3v) is 6.10. The van der Waals surface area contributed by atoms with Gasteiger partial charge in [0.2, 0.25) is 0 Å². The van der Waals surface area contributed by atoms with E-state index in [4.69, 9.17) is 29.1 Å². The van der Waals surface area contributed by atoms with Gasteiger partial charge in [-0.1, -0.05) is 5.16 Å². The van der Waals surface area contributed by atoms with Crippen LogP contribution in [-0.2, 0) is 20.9 Å². The van der Waals surface area contributed by atoms with Crippen molar-refractivity contribution in [2.24, 2.45) is 11.8 Å². The predicted molar refractivity (Wildman–Crippen MR) is 111 cm³/mol. The van der Waals surface area contributed by atoms with Crippen molar-refractivity contribution in [2.45, 2.75) is 57.2 Å². The van der Waals surface area contributed by atoms with Crippen LogP contribution in [0, 0.1) is 18.8 Å². The summed E-state index contributed by atoms with van der Waals surface area (Å²) in [5, 5.41) is 18.4. The second-order valence-corrected chi connectivity index (χ2v) is 8.96. The fourth-order valence-electron chi connectivity index (χ4n) is 4.32. The zero-order valence-electron chi connectivity index (χ0n) is 19.7. The minimum Gasteiger partial charge on any atom is -0.475 e. The fraction of sp³-hybridized carbons (Fsp3) is 0.762. The molecular weight excluding hydrogens is 504 g/mol. The Morgan fingerprint density at radius 1 is 1.08 bits per heavy atom. The lowest BCUT2D eigenvalue weighted by atomic mass is 9.89. The molecule has 0 bridgehead atoms. The molecular formula is C21H29F6N3O6. The molecule has 1 saturated carbocycles. The largest absolute Gasteiger partial charge is 0.490 e. The molecule has 0 amide bonds. The maximum atomic E-state index is 10.6. The van der Waals surface area contributed by atoms with Crippen molar-refractivity contribution in [3.05, 3.63) is 17.5 Å². The predicted octanol–water partition coefficient (Wildman–Crippen LogP) is 3.18. The number of methoxy groups -OCH3 is 1. The lowest BCUT2D eigenvalue weighted by molar-refractivity contribution is -0.193. The average molecular weight is 533 g/mol. The van der Waals surface area contributed by atoms with Crippen molar-refractivity contribution in [3.63, 3.8) is 0 Å². The van der Waals surface area contributed by atoms with Crippen LogP contribution in [0.25, 0.3) is 0 Å². The molecule has 4 rings (SSSR count). The first-order chi connectivity index (χ1) is 16.6. The molecule has 206 valence electrons. The number of halogens is 6. The summed E-state index contributed by atoms with van der Waals surface area (Å²) in [5.74, 6) is -3.00. The number of carboxylic acid groups (broad SMARTS) is 2. The number of rotatable bonds is 5. The molecule has 2 N–H and O–H groups in total. The molecule has 2 saturated heterocycles. The molecule has 15 heteroatoms. The van der Waals surface area contributed by atoms with Gasteiger partial charge in [0.1, 0.15) is 5.76 Å². The van der Waals surface area contributed by atoms with E-state index >= 15 is 0 Å². The van der Waals surface area contributed by atoms with E-state index in [-0.39, 0.29) is 0 Å². The van der Waals surface area contributed by atoms with E-state index in [2.05, 4.69) is 21.0 Å². The highest BCUT2D eigenvalue weighted by atomic mass is 19.4. The van der Waals surface area contributed by atoms with Crippen molar-refractivity contribution in [1.29, 1.82) is 0 Å². The van der Waals surface area contributed by atoms with Crippen LogP contribution < -0.4 is 0 Å². The second kappa shape index (κ2) is 12.2. The highest BCUT2D eigenvalue weighted by Gasteiger charge is 2.45. The van der Waals surface area contributed by atoms with E-state index in [9.17, 15) is 26.3 Å². The summed E-state index contributed by atoms with van der Waals surface area (Å²) in [7, 11) is 1.88. The van der Waals surface area contributed by atoms with Crippen LogP contribution in [0.5, 0.6) is 0 Å². The molecule has 1 aromatic rings. The van der Waals surface area contributed by atoms with Crippen molar-refractivity contribution in [2.75, 3.05) is 33.3 Å². The maximum absolute atomic E-state index is 10.6. The third-order valence-electron chi connectivity index (χ3n) is 6.10. The number of alkyl halides is 6. The molecule has 1 aromatic heterocycles. The first kappa shape index (κ1) is 29.8. The topological polar surface area (TPSA) is 116 Å². The Morgan fingerprint density at radius 3 is 2.06 bits per heavy atom. The Labute approximate surface area is 202 Å². The number of nitrogens with zero attached hydrogens (tertiary/aromatic N) is 3. The molecule has 2 aliphatic heterocycles. The van der Waals surface area contributed by atoms with Gasteiger partial charge in [-0.3, -0.25) is 4.90 Å². The average Bonchev–Trinajstić information content (AvgIpc) is 3.31. The van der Waals surface area contributed by atoms with E-state index in [1.54, 1.807) is 0 Å². The van der Waals surface area contributed by atoms with E-state index in [1.165, 1.54) is 32.5 Å². The minimum absolute atomic E-state index is 0.421. The molecule has 3 atom stereocenters. The van der Waals surface area contributed by atoms with Gasteiger partial charge in [0.25, 0.3) is 0 Å². The quantitative estimate of drug-likeness (QED) is 0.551. The lowest BCUT2D eigenvalue weighted by Crippen LogP contribution is -2.50. The van der Waals surface area contributed by atoms with Crippen LogP contribution in [0.2, 0.25) is 0 Å². The molecule has 0 radical (unpaired) electrons. The number of aryl methyl sites for hydroxylation is 1. The number of fused-ring (bicyclic) bond motifs is 1. The number of carbonyl (C=O) groups is 2. The zero-order chi connectivity index (χ0) is 27.3. The number of hydrogen-bond acceptors (Lipinski definition) is 7. The number of ether oxygens (including phenoxy) is 1. The van der Waals surface area contributed by atoms with Gasteiger partial charge in [-0.15, -0.1) is 0 Å². The SMILES string of the molecule is CO[C@@H]1CCN(Cc2cc(C)on2)[C@@H]2CN(CC3CC3)C[C@@H]21.O=C(O)C(F)(F)F.O=C(O)C(F)(F)F. The highest BCUT2D eigenvalue weighted by Crippen LogP contribution is 2.36. The summed E-state index contributed by atoms with van der Waals surface area (Å²) in [4.78, 5) is 23.1. The summed E-state index contributed by atoms with van der Waals surface area (Å²) in [5.41, 5.74) is 1.06. The number of carboxylic acids is 2.